The first kappa shape index (κ1) is 20.4. The van der Waals surface area contributed by atoms with Crippen molar-refractivity contribution >= 4 is 23.4 Å². The van der Waals surface area contributed by atoms with E-state index in [1.54, 1.807) is 38.3 Å². The number of hydrogen-bond acceptors (Lipinski definition) is 5. The standard InChI is InChI=1S/C22H25N3O4/c1-4-29-22(27)23-18-11-9-16(10-12-18)21(26)25-13-5-6-19(24-25)17-8-7-15(2)20(14-17)28-3/h7-12,14H,4-6,13H2,1-3H3,(H,23,27). The van der Waals surface area contributed by atoms with Crippen molar-refractivity contribution in [1.29, 1.82) is 0 Å². The van der Waals surface area contributed by atoms with Gasteiger partial charge in [0.05, 0.1) is 19.4 Å². The van der Waals surface area contributed by atoms with Crippen molar-refractivity contribution in [2.24, 2.45) is 5.10 Å². The smallest absolute Gasteiger partial charge is 0.411 e. The Bertz CT molecular complexity index is 922. The Hall–Kier alpha value is -3.35. The highest BCUT2D eigenvalue weighted by atomic mass is 16.5. The molecule has 0 saturated heterocycles. The van der Waals surface area contributed by atoms with E-state index in [-0.39, 0.29) is 5.91 Å². The Morgan fingerprint density at radius 3 is 2.62 bits per heavy atom. The third-order valence-corrected chi connectivity index (χ3v) is 4.65. The molecule has 0 fully saturated rings. The minimum Gasteiger partial charge on any atom is -0.496 e. The number of hydrogen-bond donors (Lipinski definition) is 1. The molecule has 0 atom stereocenters. The van der Waals surface area contributed by atoms with Crippen LogP contribution in [0.4, 0.5) is 10.5 Å². The van der Waals surface area contributed by atoms with Crippen LogP contribution in [0.15, 0.2) is 47.6 Å². The van der Waals surface area contributed by atoms with Crippen LogP contribution in [-0.4, -0.2) is 43.0 Å². The van der Waals surface area contributed by atoms with E-state index in [1.165, 1.54) is 5.01 Å². The minimum absolute atomic E-state index is 0.177. The van der Waals surface area contributed by atoms with Crippen LogP contribution >= 0.6 is 0 Å². The summed E-state index contributed by atoms with van der Waals surface area (Å²) in [5, 5.41) is 8.69. The fourth-order valence-corrected chi connectivity index (χ4v) is 3.12. The van der Waals surface area contributed by atoms with E-state index in [9.17, 15) is 9.59 Å². The van der Waals surface area contributed by atoms with Crippen molar-refractivity contribution in [2.75, 3.05) is 25.6 Å². The molecule has 2 aromatic rings. The van der Waals surface area contributed by atoms with Gasteiger partial charge in [-0.3, -0.25) is 10.1 Å². The molecule has 0 radical (unpaired) electrons. The molecule has 2 aromatic carbocycles. The van der Waals surface area contributed by atoms with Gasteiger partial charge in [-0.25, -0.2) is 9.80 Å². The first-order chi connectivity index (χ1) is 14.0. The number of carbonyl (C=O) groups is 2. The van der Waals surface area contributed by atoms with Gasteiger partial charge in [0.25, 0.3) is 5.91 Å². The molecule has 1 aliphatic heterocycles. The van der Waals surface area contributed by atoms with E-state index in [4.69, 9.17) is 9.47 Å². The SMILES string of the molecule is CCOC(=O)Nc1ccc(C(=O)N2CCCC(c3ccc(C)c(OC)c3)=N2)cc1. The third-order valence-electron chi connectivity index (χ3n) is 4.65. The molecular weight excluding hydrogens is 370 g/mol. The number of hydrazone groups is 1. The Morgan fingerprint density at radius 2 is 1.93 bits per heavy atom. The summed E-state index contributed by atoms with van der Waals surface area (Å²) in [7, 11) is 1.64. The maximum atomic E-state index is 12.9. The van der Waals surface area contributed by atoms with Gasteiger partial charge in [0, 0.05) is 23.4 Å². The summed E-state index contributed by atoms with van der Waals surface area (Å²) in [5.41, 5.74) is 3.94. The monoisotopic (exact) mass is 395 g/mol. The van der Waals surface area contributed by atoms with Crippen LogP contribution in [-0.2, 0) is 4.74 Å². The van der Waals surface area contributed by atoms with Gasteiger partial charge >= 0.3 is 6.09 Å². The maximum absolute atomic E-state index is 12.9. The molecule has 0 saturated carbocycles. The molecule has 7 nitrogen and oxygen atoms in total. The zero-order chi connectivity index (χ0) is 20.8. The van der Waals surface area contributed by atoms with E-state index in [1.807, 2.05) is 25.1 Å². The lowest BCUT2D eigenvalue weighted by Gasteiger charge is -2.24. The summed E-state index contributed by atoms with van der Waals surface area (Å²) in [6.45, 7) is 4.59. The van der Waals surface area contributed by atoms with Crippen molar-refractivity contribution in [3.05, 3.63) is 59.2 Å². The zero-order valence-corrected chi connectivity index (χ0v) is 16.9. The van der Waals surface area contributed by atoms with Crippen LogP contribution in [0.2, 0.25) is 0 Å². The number of amides is 2. The summed E-state index contributed by atoms with van der Waals surface area (Å²) in [5.74, 6) is 0.627. The zero-order valence-electron chi connectivity index (χ0n) is 16.9. The van der Waals surface area contributed by atoms with Gasteiger partial charge in [0.15, 0.2) is 0 Å². The molecule has 0 spiro atoms. The highest BCUT2D eigenvalue weighted by Crippen LogP contribution is 2.23. The number of rotatable bonds is 5. The van der Waals surface area contributed by atoms with Gasteiger partial charge in [0.1, 0.15) is 5.75 Å². The van der Waals surface area contributed by atoms with Crippen molar-refractivity contribution in [1.82, 2.24) is 5.01 Å². The van der Waals surface area contributed by atoms with Crippen LogP contribution in [0.3, 0.4) is 0 Å². The van der Waals surface area contributed by atoms with Crippen LogP contribution in [0.1, 0.15) is 41.3 Å². The summed E-state index contributed by atoms with van der Waals surface area (Å²) in [6.07, 6.45) is 1.12. The van der Waals surface area contributed by atoms with Crippen LogP contribution in [0.5, 0.6) is 5.75 Å². The Labute approximate surface area is 170 Å². The first-order valence-corrected chi connectivity index (χ1v) is 9.60. The largest absolute Gasteiger partial charge is 0.496 e. The second kappa shape index (κ2) is 9.23. The van der Waals surface area contributed by atoms with Gasteiger partial charge in [-0.05, 0) is 62.6 Å². The first-order valence-electron chi connectivity index (χ1n) is 9.60. The molecule has 1 aliphatic rings. The normalized spacial score (nSPS) is 13.5. The highest BCUT2D eigenvalue weighted by Gasteiger charge is 2.21. The predicted molar refractivity (Wildman–Crippen MR) is 112 cm³/mol. The summed E-state index contributed by atoms with van der Waals surface area (Å²) in [6, 6.07) is 12.6. The molecule has 0 aromatic heterocycles. The molecule has 152 valence electrons. The number of ether oxygens (including phenoxy) is 2. The molecule has 1 N–H and O–H groups in total. The van der Waals surface area contributed by atoms with Gasteiger partial charge in [-0.2, -0.15) is 5.10 Å². The Kier molecular flexibility index (Phi) is 6.49. The highest BCUT2D eigenvalue weighted by molar-refractivity contribution is 6.03. The van der Waals surface area contributed by atoms with E-state index in [0.717, 1.165) is 35.4 Å². The van der Waals surface area contributed by atoms with Crippen molar-refractivity contribution in [2.45, 2.75) is 26.7 Å². The molecular formula is C22H25N3O4. The van der Waals surface area contributed by atoms with Crippen LogP contribution < -0.4 is 10.1 Å². The average Bonchev–Trinajstić information content (AvgIpc) is 2.74. The summed E-state index contributed by atoms with van der Waals surface area (Å²) in [4.78, 5) is 24.4. The van der Waals surface area contributed by atoms with Crippen molar-refractivity contribution < 1.29 is 19.1 Å². The van der Waals surface area contributed by atoms with E-state index < -0.39 is 6.09 Å². The minimum atomic E-state index is -0.523. The predicted octanol–water partition coefficient (Wildman–Crippen LogP) is 4.21. The van der Waals surface area contributed by atoms with Gasteiger partial charge in [0.2, 0.25) is 0 Å². The topological polar surface area (TPSA) is 80.2 Å². The Balaban J connectivity index is 1.75. The number of methoxy groups -OCH3 is 1. The van der Waals surface area contributed by atoms with Crippen molar-refractivity contribution in [3.8, 4) is 5.75 Å². The Morgan fingerprint density at radius 1 is 1.17 bits per heavy atom. The molecule has 2 amide bonds. The maximum Gasteiger partial charge on any atom is 0.411 e. The molecule has 3 rings (SSSR count). The van der Waals surface area contributed by atoms with Crippen molar-refractivity contribution in [3.63, 3.8) is 0 Å². The van der Waals surface area contributed by atoms with E-state index >= 15 is 0 Å². The van der Waals surface area contributed by atoms with E-state index in [2.05, 4.69) is 10.4 Å². The second-order valence-corrected chi connectivity index (χ2v) is 6.69. The van der Waals surface area contributed by atoms with Crippen LogP contribution in [0, 0.1) is 6.92 Å². The van der Waals surface area contributed by atoms with E-state index in [0.29, 0.717) is 24.4 Å². The average molecular weight is 395 g/mol. The number of anilines is 1. The lowest BCUT2D eigenvalue weighted by atomic mass is 10.0. The van der Waals surface area contributed by atoms with Gasteiger partial charge < -0.3 is 9.47 Å². The number of nitrogens with one attached hydrogen (secondary N) is 1. The molecule has 7 heteroatoms. The molecule has 0 bridgehead atoms. The quantitative estimate of drug-likeness (QED) is 0.822. The molecule has 29 heavy (non-hydrogen) atoms. The lowest BCUT2D eigenvalue weighted by Crippen LogP contribution is -2.32. The number of carbonyl (C=O) groups excluding carboxylic acids is 2. The lowest BCUT2D eigenvalue weighted by molar-refractivity contribution is 0.0751. The third kappa shape index (κ3) is 4.93. The van der Waals surface area contributed by atoms with Gasteiger partial charge in [-0.15, -0.1) is 0 Å². The fraction of sp³-hybridized carbons (Fsp3) is 0.318. The second-order valence-electron chi connectivity index (χ2n) is 6.69. The number of nitrogens with zero attached hydrogens (tertiary/aromatic N) is 2. The summed E-state index contributed by atoms with van der Waals surface area (Å²) < 4.78 is 10.2. The molecule has 0 unspecified atom stereocenters. The molecule has 0 aliphatic carbocycles. The number of benzene rings is 2. The van der Waals surface area contributed by atoms with Gasteiger partial charge in [-0.1, -0.05) is 12.1 Å². The van der Waals surface area contributed by atoms with Crippen LogP contribution in [0.25, 0.3) is 0 Å². The number of aryl methyl sites for hydroxylation is 1. The fourth-order valence-electron chi connectivity index (χ4n) is 3.12. The summed E-state index contributed by atoms with van der Waals surface area (Å²) >= 11 is 0. The molecule has 1 heterocycles.